The molecule has 2 aliphatic carbocycles. The van der Waals surface area contributed by atoms with Crippen LogP contribution in [0.5, 0.6) is 0 Å². The summed E-state index contributed by atoms with van der Waals surface area (Å²) < 4.78 is 12.0. The molecule has 2 aromatic heterocycles. The summed E-state index contributed by atoms with van der Waals surface area (Å²) in [4.78, 5) is 30.1. The average molecular weight is 514 g/mol. The number of aromatic nitrogens is 2. The molecule has 1 saturated heterocycles. The van der Waals surface area contributed by atoms with Crippen LogP contribution in [0.15, 0.2) is 41.1 Å². The lowest BCUT2D eigenvalue weighted by atomic mass is 10.0. The van der Waals surface area contributed by atoms with Crippen LogP contribution < -0.4 is 4.90 Å². The molecule has 1 aromatic carbocycles. The molecule has 3 atom stereocenters. The molecule has 180 valence electrons. The second kappa shape index (κ2) is 8.62. The number of carboxylic acids is 1. The van der Waals surface area contributed by atoms with Crippen LogP contribution in [0.2, 0.25) is 10.0 Å². The Bertz CT molecular complexity index is 1300. The SMILES string of the molecule is O=C(O)c1ccc(N2C(=O)[C@@H]3C[C@H]2C[C@H]3OCc2c(-c3c(Cl)cccc3Cl)noc2C2CC2)nc1. The van der Waals surface area contributed by atoms with Crippen molar-refractivity contribution in [3.8, 4) is 11.3 Å². The van der Waals surface area contributed by atoms with Gasteiger partial charge in [-0.2, -0.15) is 0 Å². The zero-order valence-corrected chi connectivity index (χ0v) is 20.0. The van der Waals surface area contributed by atoms with Gasteiger partial charge < -0.3 is 14.4 Å². The zero-order chi connectivity index (χ0) is 24.3. The number of ether oxygens (including phenoxy) is 1. The van der Waals surface area contributed by atoms with Crippen molar-refractivity contribution in [1.29, 1.82) is 0 Å². The van der Waals surface area contributed by atoms with Crippen molar-refractivity contribution in [3.63, 3.8) is 0 Å². The summed E-state index contributed by atoms with van der Waals surface area (Å²) in [6, 6.07) is 8.31. The van der Waals surface area contributed by atoms with Crippen LogP contribution in [0.1, 0.15) is 53.3 Å². The van der Waals surface area contributed by atoms with Crippen molar-refractivity contribution in [2.45, 2.75) is 50.4 Å². The second-order valence-electron chi connectivity index (χ2n) is 9.24. The molecule has 0 spiro atoms. The highest BCUT2D eigenvalue weighted by atomic mass is 35.5. The van der Waals surface area contributed by atoms with Crippen LogP contribution in [-0.2, 0) is 16.1 Å². The number of halogens is 2. The Morgan fingerprint density at radius 3 is 2.57 bits per heavy atom. The smallest absolute Gasteiger partial charge is 0.337 e. The number of benzene rings is 1. The Hall–Kier alpha value is -2.94. The molecule has 2 bridgehead atoms. The number of hydrogen-bond acceptors (Lipinski definition) is 6. The largest absolute Gasteiger partial charge is 0.478 e. The first kappa shape index (κ1) is 22.5. The highest BCUT2D eigenvalue weighted by Crippen LogP contribution is 2.47. The number of nitrogens with zero attached hydrogens (tertiary/aromatic N) is 3. The predicted molar refractivity (Wildman–Crippen MR) is 128 cm³/mol. The number of anilines is 1. The summed E-state index contributed by atoms with van der Waals surface area (Å²) in [5.74, 6) is 0.199. The third kappa shape index (κ3) is 3.90. The molecule has 3 fully saturated rings. The van der Waals surface area contributed by atoms with Crippen LogP contribution in [0.3, 0.4) is 0 Å². The first-order valence-corrected chi connectivity index (χ1v) is 12.2. The highest BCUT2D eigenvalue weighted by molar-refractivity contribution is 6.39. The molecule has 0 radical (unpaired) electrons. The molecule has 3 aromatic rings. The van der Waals surface area contributed by atoms with E-state index in [1.54, 1.807) is 29.2 Å². The van der Waals surface area contributed by atoms with Crippen LogP contribution in [0.4, 0.5) is 5.82 Å². The summed E-state index contributed by atoms with van der Waals surface area (Å²) in [5.41, 5.74) is 2.12. The molecule has 1 N–H and O–H groups in total. The number of amides is 1. The van der Waals surface area contributed by atoms with Gasteiger partial charge in [-0.1, -0.05) is 34.4 Å². The Balaban J connectivity index is 1.21. The molecule has 6 rings (SSSR count). The van der Waals surface area contributed by atoms with Crippen molar-refractivity contribution in [3.05, 3.63) is 63.5 Å². The molecule has 2 saturated carbocycles. The third-order valence-electron chi connectivity index (χ3n) is 7.05. The van der Waals surface area contributed by atoms with Crippen LogP contribution in [0.25, 0.3) is 11.3 Å². The van der Waals surface area contributed by atoms with Gasteiger partial charge in [0.1, 0.15) is 17.3 Å². The van der Waals surface area contributed by atoms with Gasteiger partial charge in [-0.15, -0.1) is 0 Å². The predicted octanol–water partition coefficient (Wildman–Crippen LogP) is 5.33. The molecular weight excluding hydrogens is 493 g/mol. The van der Waals surface area contributed by atoms with Gasteiger partial charge in [0.2, 0.25) is 5.91 Å². The summed E-state index contributed by atoms with van der Waals surface area (Å²) in [7, 11) is 0. The Kier molecular flexibility index (Phi) is 5.55. The minimum atomic E-state index is -1.05. The van der Waals surface area contributed by atoms with Crippen LogP contribution >= 0.6 is 23.2 Å². The Morgan fingerprint density at radius 2 is 1.94 bits per heavy atom. The van der Waals surface area contributed by atoms with Crippen molar-refractivity contribution < 1.29 is 24.0 Å². The van der Waals surface area contributed by atoms with E-state index in [9.17, 15) is 9.59 Å². The normalized spacial score (nSPS) is 23.3. The van der Waals surface area contributed by atoms with Gasteiger partial charge in [0.25, 0.3) is 0 Å². The maximum atomic E-state index is 13.1. The van der Waals surface area contributed by atoms with Gasteiger partial charge in [0, 0.05) is 29.3 Å². The van der Waals surface area contributed by atoms with E-state index in [0.717, 1.165) is 24.2 Å². The lowest BCUT2D eigenvalue weighted by Gasteiger charge is -2.30. The average Bonchev–Trinajstić information content (AvgIpc) is 3.34. The van der Waals surface area contributed by atoms with Gasteiger partial charge in [0.15, 0.2) is 0 Å². The standard InChI is InChI=1S/C25H21Cl2N3O5/c26-17-2-1-3-18(27)21(17)22-16(23(35-29-22)12-4-5-12)11-34-19-9-14-8-15(19)24(31)30(14)20-7-6-13(10-28-20)25(32)33/h1-3,6-7,10,12,14-15,19H,4-5,8-9,11H2,(H,32,33)/t14-,15+,19+/m0/s1. The van der Waals surface area contributed by atoms with Gasteiger partial charge in [-0.3, -0.25) is 9.69 Å². The lowest BCUT2D eigenvalue weighted by Crippen LogP contribution is -2.43. The molecule has 3 heterocycles. The molecule has 35 heavy (non-hydrogen) atoms. The van der Waals surface area contributed by atoms with E-state index in [4.69, 9.17) is 37.6 Å². The quantitative estimate of drug-likeness (QED) is 0.454. The molecule has 1 amide bonds. The van der Waals surface area contributed by atoms with Crippen molar-refractivity contribution in [1.82, 2.24) is 10.1 Å². The van der Waals surface area contributed by atoms with Crippen molar-refractivity contribution in [2.75, 3.05) is 4.90 Å². The summed E-state index contributed by atoms with van der Waals surface area (Å²) >= 11 is 12.9. The summed E-state index contributed by atoms with van der Waals surface area (Å²) in [6.07, 6.45) is 4.45. The zero-order valence-electron chi connectivity index (χ0n) is 18.5. The Morgan fingerprint density at radius 1 is 1.17 bits per heavy atom. The minimum Gasteiger partial charge on any atom is -0.478 e. The first-order chi connectivity index (χ1) is 16.9. The van der Waals surface area contributed by atoms with E-state index in [1.165, 1.54) is 12.3 Å². The van der Waals surface area contributed by atoms with Gasteiger partial charge in [-0.05, 0) is 49.9 Å². The van der Waals surface area contributed by atoms with E-state index in [1.807, 2.05) is 0 Å². The second-order valence-corrected chi connectivity index (χ2v) is 10.1. The number of fused-ring (bicyclic) bond motifs is 2. The fourth-order valence-corrected chi connectivity index (χ4v) is 5.76. The Labute approximate surface area is 210 Å². The monoisotopic (exact) mass is 513 g/mol. The lowest BCUT2D eigenvalue weighted by molar-refractivity contribution is -0.126. The fraction of sp³-hybridized carbons (Fsp3) is 0.360. The molecule has 3 aliphatic rings. The maximum absolute atomic E-state index is 13.1. The van der Waals surface area contributed by atoms with Gasteiger partial charge in [0.05, 0.1) is 34.2 Å². The number of hydrogen-bond donors (Lipinski definition) is 1. The first-order valence-electron chi connectivity index (χ1n) is 11.5. The maximum Gasteiger partial charge on any atom is 0.337 e. The number of pyridine rings is 1. The molecule has 0 unspecified atom stereocenters. The fourth-order valence-electron chi connectivity index (χ4n) is 5.18. The number of rotatable bonds is 7. The van der Waals surface area contributed by atoms with E-state index in [2.05, 4.69) is 10.1 Å². The van der Waals surface area contributed by atoms with E-state index < -0.39 is 5.97 Å². The number of carboxylic acid groups (broad SMARTS) is 1. The van der Waals surface area contributed by atoms with Crippen LogP contribution in [0, 0.1) is 5.92 Å². The number of carbonyl (C=O) groups is 2. The molecule has 8 nitrogen and oxygen atoms in total. The third-order valence-corrected chi connectivity index (χ3v) is 7.68. The molecule has 1 aliphatic heterocycles. The number of piperidine rings is 1. The van der Waals surface area contributed by atoms with E-state index >= 15 is 0 Å². The van der Waals surface area contributed by atoms with Crippen molar-refractivity contribution >= 4 is 40.9 Å². The topological polar surface area (TPSA) is 106 Å². The van der Waals surface area contributed by atoms with Gasteiger partial charge in [-0.25, -0.2) is 9.78 Å². The van der Waals surface area contributed by atoms with Gasteiger partial charge >= 0.3 is 5.97 Å². The van der Waals surface area contributed by atoms with E-state index in [-0.39, 0.29) is 36.1 Å². The number of aromatic carboxylic acids is 1. The van der Waals surface area contributed by atoms with E-state index in [0.29, 0.717) is 45.9 Å². The van der Waals surface area contributed by atoms with Crippen LogP contribution in [-0.4, -0.2) is 39.3 Å². The summed E-state index contributed by atoms with van der Waals surface area (Å²) in [5, 5.41) is 14.4. The molecular formula is C25H21Cl2N3O5. The minimum absolute atomic E-state index is 0.0384. The highest BCUT2D eigenvalue weighted by Gasteiger charge is 2.52. The van der Waals surface area contributed by atoms with Crippen molar-refractivity contribution in [2.24, 2.45) is 5.92 Å². The summed E-state index contributed by atoms with van der Waals surface area (Å²) in [6.45, 7) is 0.249. The number of carbonyl (C=O) groups excluding carboxylic acids is 1. The molecule has 10 heteroatoms.